The summed E-state index contributed by atoms with van der Waals surface area (Å²) in [4.78, 5) is 14.1. The number of aromatic nitrogens is 1. The monoisotopic (exact) mass is 255 g/mol. The van der Waals surface area contributed by atoms with Gasteiger partial charge in [0.2, 0.25) is 0 Å². The summed E-state index contributed by atoms with van der Waals surface area (Å²) in [5, 5.41) is 19.6. The number of nitro groups is 1. The molecule has 94 valence electrons. The maximum atomic E-state index is 10.7. The molecule has 1 heterocycles. The van der Waals surface area contributed by atoms with Crippen LogP contribution in [0.2, 0.25) is 0 Å². The van der Waals surface area contributed by atoms with Gasteiger partial charge in [-0.1, -0.05) is 6.07 Å². The predicted octanol–water partition coefficient (Wildman–Crippen LogP) is 2.44. The average Bonchev–Trinajstić information content (AvgIpc) is 2.45. The van der Waals surface area contributed by atoms with Gasteiger partial charge in [0.05, 0.1) is 16.6 Å². The normalized spacial score (nSPS) is 9.63. The lowest BCUT2D eigenvalue weighted by atomic mass is 10.2. The van der Waals surface area contributed by atoms with Gasteiger partial charge in [-0.3, -0.25) is 15.1 Å². The molecule has 0 saturated heterocycles. The summed E-state index contributed by atoms with van der Waals surface area (Å²) >= 11 is 0. The molecule has 2 aromatic rings. The number of hydrogen-bond acceptors (Lipinski definition) is 5. The van der Waals surface area contributed by atoms with Crippen molar-refractivity contribution in [2.24, 2.45) is 0 Å². The summed E-state index contributed by atoms with van der Waals surface area (Å²) in [6, 6.07) is 9.40. The number of nitrogens with zero attached hydrogens (tertiary/aromatic N) is 3. The van der Waals surface area contributed by atoms with Crippen LogP contribution in [0.3, 0.4) is 0 Å². The first kappa shape index (κ1) is 12.5. The summed E-state index contributed by atoms with van der Waals surface area (Å²) in [6.45, 7) is 0.198. The highest BCUT2D eigenvalue weighted by molar-refractivity contribution is 5.50. The third-order valence-corrected chi connectivity index (χ3v) is 2.41. The van der Waals surface area contributed by atoms with Crippen LogP contribution in [0.1, 0.15) is 11.1 Å². The van der Waals surface area contributed by atoms with Crippen molar-refractivity contribution in [2.75, 3.05) is 0 Å². The van der Waals surface area contributed by atoms with Crippen molar-refractivity contribution in [1.82, 2.24) is 4.98 Å². The molecule has 0 aliphatic carbocycles. The van der Waals surface area contributed by atoms with Crippen molar-refractivity contribution in [3.05, 3.63) is 64.0 Å². The molecule has 19 heavy (non-hydrogen) atoms. The second-order valence-corrected chi connectivity index (χ2v) is 3.70. The molecule has 1 aromatic heterocycles. The minimum Gasteiger partial charge on any atom is -0.487 e. The molecule has 0 aliphatic rings. The first-order chi connectivity index (χ1) is 9.20. The van der Waals surface area contributed by atoms with Crippen LogP contribution in [0.15, 0.2) is 42.7 Å². The summed E-state index contributed by atoms with van der Waals surface area (Å²) < 4.78 is 5.44. The summed E-state index contributed by atoms with van der Waals surface area (Å²) in [5.74, 6) is 0.195. The smallest absolute Gasteiger partial charge is 0.273 e. The Labute approximate surface area is 109 Å². The van der Waals surface area contributed by atoms with Crippen molar-refractivity contribution < 1.29 is 9.66 Å². The lowest BCUT2D eigenvalue weighted by molar-refractivity contribution is -0.384. The highest BCUT2D eigenvalue weighted by Gasteiger charge is 2.11. The van der Waals surface area contributed by atoms with Gasteiger partial charge in [0.15, 0.2) is 0 Å². The van der Waals surface area contributed by atoms with Crippen LogP contribution < -0.4 is 4.74 Å². The Morgan fingerprint density at radius 2 is 2.26 bits per heavy atom. The molecule has 2 rings (SSSR count). The van der Waals surface area contributed by atoms with E-state index in [9.17, 15) is 10.1 Å². The molecule has 0 fully saturated rings. The molecular formula is C13H9N3O3. The van der Waals surface area contributed by atoms with Crippen molar-refractivity contribution >= 4 is 5.69 Å². The molecular weight excluding hydrogens is 246 g/mol. The van der Waals surface area contributed by atoms with E-state index in [0.717, 1.165) is 5.56 Å². The number of hydrogen-bond donors (Lipinski definition) is 0. The third-order valence-electron chi connectivity index (χ3n) is 2.41. The van der Waals surface area contributed by atoms with E-state index in [0.29, 0.717) is 0 Å². The number of non-ortho nitro benzene ring substituents is 1. The van der Waals surface area contributed by atoms with Crippen LogP contribution in [0.25, 0.3) is 0 Å². The Kier molecular flexibility index (Phi) is 3.69. The SMILES string of the molecule is N#Cc1ccc([N+](=O)[O-])cc1OCc1cccnc1. The number of rotatable bonds is 4. The van der Waals surface area contributed by atoms with Gasteiger partial charge in [0.25, 0.3) is 5.69 Å². The molecule has 0 unspecified atom stereocenters. The van der Waals surface area contributed by atoms with Gasteiger partial charge in [-0.15, -0.1) is 0 Å². The van der Waals surface area contributed by atoms with E-state index >= 15 is 0 Å². The zero-order valence-electron chi connectivity index (χ0n) is 9.81. The molecule has 0 atom stereocenters. The first-order valence-corrected chi connectivity index (χ1v) is 5.41. The van der Waals surface area contributed by atoms with Gasteiger partial charge in [-0.2, -0.15) is 5.26 Å². The predicted molar refractivity (Wildman–Crippen MR) is 66.4 cm³/mol. The average molecular weight is 255 g/mol. The van der Waals surface area contributed by atoms with Crippen molar-refractivity contribution in [3.8, 4) is 11.8 Å². The molecule has 0 spiro atoms. The standard InChI is InChI=1S/C13H9N3O3/c14-7-11-3-4-12(16(17)18)6-13(11)19-9-10-2-1-5-15-8-10/h1-6,8H,9H2. The van der Waals surface area contributed by atoms with E-state index in [-0.39, 0.29) is 23.6 Å². The number of nitriles is 1. The number of nitro benzene ring substituents is 1. The molecule has 0 radical (unpaired) electrons. The van der Waals surface area contributed by atoms with E-state index in [1.807, 2.05) is 12.1 Å². The highest BCUT2D eigenvalue weighted by atomic mass is 16.6. The molecule has 6 heteroatoms. The molecule has 6 nitrogen and oxygen atoms in total. The van der Waals surface area contributed by atoms with Crippen LogP contribution in [0.4, 0.5) is 5.69 Å². The second-order valence-electron chi connectivity index (χ2n) is 3.70. The van der Waals surface area contributed by atoms with Gasteiger partial charge >= 0.3 is 0 Å². The van der Waals surface area contributed by atoms with Crippen LogP contribution >= 0.6 is 0 Å². The fourth-order valence-electron chi connectivity index (χ4n) is 1.48. The Morgan fingerprint density at radius 3 is 2.89 bits per heavy atom. The lowest BCUT2D eigenvalue weighted by Gasteiger charge is -2.07. The molecule has 1 aromatic carbocycles. The van der Waals surface area contributed by atoms with Crippen LogP contribution in [-0.2, 0) is 6.61 Å². The summed E-state index contributed by atoms with van der Waals surface area (Å²) in [5.41, 5.74) is 0.965. The minimum atomic E-state index is -0.530. The van der Waals surface area contributed by atoms with E-state index in [4.69, 9.17) is 10.00 Å². The van der Waals surface area contributed by atoms with Crippen molar-refractivity contribution in [1.29, 1.82) is 5.26 Å². The van der Waals surface area contributed by atoms with E-state index in [2.05, 4.69) is 4.98 Å². The van der Waals surface area contributed by atoms with Gasteiger partial charge in [-0.25, -0.2) is 0 Å². The van der Waals surface area contributed by atoms with Crippen LogP contribution in [0.5, 0.6) is 5.75 Å². The van der Waals surface area contributed by atoms with E-state index in [1.165, 1.54) is 18.2 Å². The Morgan fingerprint density at radius 1 is 1.42 bits per heavy atom. The van der Waals surface area contributed by atoms with Gasteiger partial charge in [0, 0.05) is 24.0 Å². The largest absolute Gasteiger partial charge is 0.487 e. The topological polar surface area (TPSA) is 89.0 Å². The molecule has 0 N–H and O–H groups in total. The maximum absolute atomic E-state index is 10.7. The number of pyridine rings is 1. The number of benzene rings is 1. The lowest BCUT2D eigenvalue weighted by Crippen LogP contribution is -1.99. The fraction of sp³-hybridized carbons (Fsp3) is 0.0769. The van der Waals surface area contributed by atoms with Crippen molar-refractivity contribution in [3.63, 3.8) is 0 Å². The van der Waals surface area contributed by atoms with Gasteiger partial charge in [0.1, 0.15) is 18.4 Å². The molecule has 0 aliphatic heterocycles. The zero-order chi connectivity index (χ0) is 13.7. The zero-order valence-corrected chi connectivity index (χ0v) is 9.81. The van der Waals surface area contributed by atoms with Crippen LogP contribution in [0, 0.1) is 21.4 Å². The summed E-state index contributed by atoms with van der Waals surface area (Å²) in [7, 11) is 0. The van der Waals surface area contributed by atoms with E-state index < -0.39 is 4.92 Å². The Bertz CT molecular complexity index is 635. The molecule has 0 saturated carbocycles. The molecule has 0 bridgehead atoms. The Balaban J connectivity index is 2.21. The second kappa shape index (κ2) is 5.60. The quantitative estimate of drug-likeness (QED) is 0.618. The number of ether oxygens (including phenoxy) is 1. The highest BCUT2D eigenvalue weighted by Crippen LogP contribution is 2.24. The van der Waals surface area contributed by atoms with Gasteiger partial charge in [-0.05, 0) is 12.1 Å². The minimum absolute atomic E-state index is 0.111. The van der Waals surface area contributed by atoms with Crippen LogP contribution in [-0.4, -0.2) is 9.91 Å². The maximum Gasteiger partial charge on any atom is 0.273 e. The van der Waals surface area contributed by atoms with Gasteiger partial charge < -0.3 is 4.74 Å². The third kappa shape index (κ3) is 3.04. The fourth-order valence-corrected chi connectivity index (χ4v) is 1.48. The van der Waals surface area contributed by atoms with E-state index in [1.54, 1.807) is 18.5 Å². The first-order valence-electron chi connectivity index (χ1n) is 5.41. The Hall–Kier alpha value is -2.94. The van der Waals surface area contributed by atoms with Crippen molar-refractivity contribution in [2.45, 2.75) is 6.61 Å². The molecule has 0 amide bonds. The summed E-state index contributed by atoms with van der Waals surface area (Å²) in [6.07, 6.45) is 3.26.